The molecular weight excluding hydrogens is 490 g/mol. The molecule has 0 saturated heterocycles. The zero-order chi connectivity index (χ0) is 24.5. The molecule has 0 radical (unpaired) electrons. The van der Waals surface area contributed by atoms with Crippen molar-refractivity contribution in [3.05, 3.63) is 75.3 Å². The van der Waals surface area contributed by atoms with Crippen LogP contribution in [0, 0.1) is 0 Å². The zero-order valence-corrected chi connectivity index (χ0v) is 21.9. The SMILES string of the molecule is CC[C@@]1(C)c2nc(NC(=O)Cc3ccc(S(=O)(=O)CC)cc3)sc2CN1Cc1ccc(Cl)cc1. The quantitative estimate of drug-likeness (QED) is 0.432. The first kappa shape index (κ1) is 24.9. The lowest BCUT2D eigenvalue weighted by atomic mass is 9.95. The highest BCUT2D eigenvalue weighted by Gasteiger charge is 2.43. The number of amides is 1. The van der Waals surface area contributed by atoms with E-state index in [0.717, 1.165) is 35.8 Å². The Kier molecular flexibility index (Phi) is 7.14. The highest BCUT2D eigenvalue weighted by atomic mass is 35.5. The lowest BCUT2D eigenvalue weighted by Crippen LogP contribution is -2.37. The van der Waals surface area contributed by atoms with E-state index in [1.165, 1.54) is 21.8 Å². The molecule has 2 heterocycles. The van der Waals surface area contributed by atoms with E-state index < -0.39 is 9.84 Å². The molecule has 9 heteroatoms. The number of fused-ring (bicyclic) bond motifs is 1. The van der Waals surface area contributed by atoms with E-state index in [2.05, 4.69) is 24.1 Å². The molecule has 0 unspecified atom stereocenters. The Balaban J connectivity index is 1.43. The molecule has 0 bridgehead atoms. The van der Waals surface area contributed by atoms with Gasteiger partial charge in [0, 0.05) is 23.0 Å². The topological polar surface area (TPSA) is 79.4 Å². The predicted octanol–water partition coefficient (Wildman–Crippen LogP) is 5.41. The molecule has 3 aromatic rings. The minimum Gasteiger partial charge on any atom is -0.302 e. The molecule has 1 amide bonds. The number of nitrogens with one attached hydrogen (secondary N) is 1. The number of hydrogen-bond acceptors (Lipinski definition) is 6. The first-order valence-electron chi connectivity index (χ1n) is 11.3. The minimum atomic E-state index is -3.25. The second kappa shape index (κ2) is 9.77. The molecule has 1 aliphatic heterocycles. The number of halogens is 1. The van der Waals surface area contributed by atoms with E-state index in [-0.39, 0.29) is 28.5 Å². The number of aromatic nitrogens is 1. The number of hydrogen-bond donors (Lipinski definition) is 1. The average Bonchev–Trinajstić information content (AvgIpc) is 3.32. The van der Waals surface area contributed by atoms with Gasteiger partial charge in [0.2, 0.25) is 5.91 Å². The molecule has 6 nitrogen and oxygen atoms in total. The fourth-order valence-corrected chi connectivity index (χ4v) is 6.32. The molecule has 180 valence electrons. The predicted molar refractivity (Wildman–Crippen MR) is 137 cm³/mol. The second-order valence-corrected chi connectivity index (χ2v) is 12.5. The van der Waals surface area contributed by atoms with Crippen LogP contribution in [0.2, 0.25) is 5.02 Å². The van der Waals surface area contributed by atoms with Gasteiger partial charge in [-0.3, -0.25) is 9.69 Å². The fourth-order valence-electron chi connectivity index (χ4n) is 4.19. The number of carbonyl (C=O) groups excluding carboxylic acids is 1. The van der Waals surface area contributed by atoms with Crippen molar-refractivity contribution in [2.45, 2.75) is 57.1 Å². The van der Waals surface area contributed by atoms with Crippen molar-refractivity contribution in [3.8, 4) is 0 Å². The number of sulfone groups is 1. The Morgan fingerprint density at radius 3 is 2.38 bits per heavy atom. The smallest absolute Gasteiger partial charge is 0.230 e. The summed E-state index contributed by atoms with van der Waals surface area (Å²) >= 11 is 7.55. The van der Waals surface area contributed by atoms with E-state index in [9.17, 15) is 13.2 Å². The summed E-state index contributed by atoms with van der Waals surface area (Å²) in [6.07, 6.45) is 1.06. The zero-order valence-electron chi connectivity index (χ0n) is 19.5. The Hall–Kier alpha value is -2.26. The van der Waals surface area contributed by atoms with Gasteiger partial charge in [-0.1, -0.05) is 61.1 Å². The molecule has 1 aliphatic rings. The lowest BCUT2D eigenvalue weighted by Gasteiger charge is -2.34. The highest BCUT2D eigenvalue weighted by Crippen LogP contribution is 2.45. The highest BCUT2D eigenvalue weighted by molar-refractivity contribution is 7.91. The number of nitrogens with zero attached hydrogens (tertiary/aromatic N) is 2. The number of thiazole rings is 1. The Morgan fingerprint density at radius 2 is 1.76 bits per heavy atom. The third-order valence-corrected chi connectivity index (χ3v) is 9.45. The van der Waals surface area contributed by atoms with Crippen molar-refractivity contribution in [2.75, 3.05) is 11.1 Å². The molecule has 0 saturated carbocycles. The van der Waals surface area contributed by atoms with E-state index >= 15 is 0 Å². The summed E-state index contributed by atoms with van der Waals surface area (Å²) in [5, 5.41) is 4.26. The van der Waals surface area contributed by atoms with E-state index in [4.69, 9.17) is 16.6 Å². The van der Waals surface area contributed by atoms with Crippen molar-refractivity contribution in [1.82, 2.24) is 9.88 Å². The first-order chi connectivity index (χ1) is 16.1. The molecular formula is C25H28ClN3O3S2. The summed E-state index contributed by atoms with van der Waals surface area (Å²) in [6, 6.07) is 14.4. The number of benzene rings is 2. The maximum Gasteiger partial charge on any atom is 0.230 e. The average molecular weight is 518 g/mol. The maximum absolute atomic E-state index is 12.6. The van der Waals surface area contributed by atoms with Gasteiger partial charge in [0.15, 0.2) is 15.0 Å². The van der Waals surface area contributed by atoms with Crippen LogP contribution in [0.1, 0.15) is 48.9 Å². The number of anilines is 1. The van der Waals surface area contributed by atoms with Gasteiger partial charge in [0.1, 0.15) is 0 Å². The van der Waals surface area contributed by atoms with E-state index in [0.29, 0.717) is 5.13 Å². The van der Waals surface area contributed by atoms with Gasteiger partial charge in [-0.25, -0.2) is 13.4 Å². The summed E-state index contributed by atoms with van der Waals surface area (Å²) < 4.78 is 23.9. The molecule has 34 heavy (non-hydrogen) atoms. The minimum absolute atomic E-state index is 0.0509. The van der Waals surface area contributed by atoms with Gasteiger partial charge >= 0.3 is 0 Å². The van der Waals surface area contributed by atoms with Crippen molar-refractivity contribution in [2.24, 2.45) is 0 Å². The third kappa shape index (κ3) is 5.05. The third-order valence-electron chi connectivity index (χ3n) is 6.49. The molecule has 0 fully saturated rings. The second-order valence-electron chi connectivity index (χ2n) is 8.67. The van der Waals surface area contributed by atoms with Crippen molar-refractivity contribution < 1.29 is 13.2 Å². The molecule has 1 atom stereocenters. The van der Waals surface area contributed by atoms with Crippen LogP contribution in [-0.2, 0) is 39.7 Å². The fraction of sp³-hybridized carbons (Fsp3) is 0.360. The van der Waals surface area contributed by atoms with Crippen LogP contribution in [0.4, 0.5) is 5.13 Å². The molecule has 4 rings (SSSR count). The van der Waals surface area contributed by atoms with E-state index in [1.54, 1.807) is 31.2 Å². The number of rotatable bonds is 8. The summed E-state index contributed by atoms with van der Waals surface area (Å²) in [5.74, 6) is -0.121. The summed E-state index contributed by atoms with van der Waals surface area (Å²) in [6.45, 7) is 7.55. The Bertz CT molecular complexity index is 1290. The van der Waals surface area contributed by atoms with Crippen molar-refractivity contribution >= 4 is 43.8 Å². The largest absolute Gasteiger partial charge is 0.302 e. The molecule has 0 aliphatic carbocycles. The van der Waals surface area contributed by atoms with Gasteiger partial charge in [-0.15, -0.1) is 0 Å². The van der Waals surface area contributed by atoms with Crippen molar-refractivity contribution in [1.29, 1.82) is 0 Å². The van der Waals surface area contributed by atoms with Crippen LogP contribution in [0.5, 0.6) is 0 Å². The summed E-state index contributed by atoms with van der Waals surface area (Å²) in [4.78, 5) is 21.3. The van der Waals surface area contributed by atoms with Gasteiger partial charge < -0.3 is 5.32 Å². The van der Waals surface area contributed by atoms with Crippen LogP contribution in [0.15, 0.2) is 53.4 Å². The molecule has 1 aromatic heterocycles. The van der Waals surface area contributed by atoms with Crippen LogP contribution in [0.25, 0.3) is 0 Å². The molecule has 0 spiro atoms. The molecule has 2 aromatic carbocycles. The van der Waals surface area contributed by atoms with Gasteiger partial charge in [0.05, 0.1) is 28.3 Å². The summed E-state index contributed by atoms with van der Waals surface area (Å²) in [7, 11) is -3.25. The Labute approximate surface area is 209 Å². The molecule has 1 N–H and O–H groups in total. The van der Waals surface area contributed by atoms with Gasteiger partial charge in [-0.2, -0.15) is 0 Å². The Morgan fingerprint density at radius 1 is 1.12 bits per heavy atom. The van der Waals surface area contributed by atoms with Crippen LogP contribution < -0.4 is 5.32 Å². The summed E-state index contributed by atoms with van der Waals surface area (Å²) in [5.41, 5.74) is 2.77. The standard InChI is InChI=1S/C25H28ClN3O3S2/c1-4-25(3)23-21(16-29(25)15-18-6-10-19(26)11-7-18)33-24(28-23)27-22(30)14-17-8-12-20(13-9-17)34(31,32)5-2/h6-13H,4-5,14-16H2,1-3H3,(H,27,28,30)/t25-/m0/s1. The van der Waals surface area contributed by atoms with Gasteiger partial charge in [0.25, 0.3) is 0 Å². The monoisotopic (exact) mass is 517 g/mol. The van der Waals surface area contributed by atoms with Crippen LogP contribution >= 0.6 is 22.9 Å². The number of carbonyl (C=O) groups is 1. The van der Waals surface area contributed by atoms with Crippen LogP contribution in [0.3, 0.4) is 0 Å². The normalized spacial score (nSPS) is 18.1. The first-order valence-corrected chi connectivity index (χ1v) is 14.1. The van der Waals surface area contributed by atoms with Crippen LogP contribution in [-0.4, -0.2) is 30.0 Å². The maximum atomic E-state index is 12.6. The van der Waals surface area contributed by atoms with Gasteiger partial charge in [-0.05, 0) is 48.7 Å². The van der Waals surface area contributed by atoms with Crippen molar-refractivity contribution in [3.63, 3.8) is 0 Å². The lowest BCUT2D eigenvalue weighted by molar-refractivity contribution is -0.115. The van der Waals surface area contributed by atoms with E-state index in [1.807, 2.05) is 24.3 Å².